The molecule has 0 spiro atoms. The highest BCUT2D eigenvalue weighted by Crippen LogP contribution is 2.05. The number of thiol groups is 1. The highest BCUT2D eigenvalue weighted by molar-refractivity contribution is 7.80. The fourth-order valence-corrected chi connectivity index (χ4v) is 0.685. The first-order valence-corrected chi connectivity index (χ1v) is 2.97. The molecular weight excluding hydrogens is 166 g/mol. The van der Waals surface area contributed by atoms with Gasteiger partial charge in [0.15, 0.2) is 0 Å². The molecule has 0 saturated heterocycles. The molecule has 10 heavy (non-hydrogen) atoms. The topological polar surface area (TPSA) is 23.8 Å². The van der Waals surface area contributed by atoms with Gasteiger partial charge in [-0.15, -0.1) is 25.0 Å². The first-order chi connectivity index (χ1) is 4.33. The zero-order chi connectivity index (χ0) is 6.69. The van der Waals surface area contributed by atoms with Gasteiger partial charge in [-0.1, -0.05) is 0 Å². The van der Waals surface area contributed by atoms with Crippen LogP contribution in [0.5, 0.6) is 0 Å². The molecule has 0 radical (unpaired) electrons. The van der Waals surface area contributed by atoms with E-state index in [1.165, 1.54) is 0 Å². The van der Waals surface area contributed by atoms with Gasteiger partial charge in [0.25, 0.3) is 0 Å². The Balaban J connectivity index is 0.000000810. The quantitative estimate of drug-likeness (QED) is 0.595. The summed E-state index contributed by atoms with van der Waals surface area (Å²) in [6.45, 7) is 0. The maximum atomic E-state index is 8.35. The molecule has 0 amide bonds. The average molecular weight is 172 g/mol. The van der Waals surface area contributed by atoms with Crippen LogP contribution in [0.2, 0.25) is 0 Å². The number of hydrogen-bond acceptors (Lipinski definition) is 2. The molecule has 0 aliphatic carbocycles. The second-order valence-electron chi connectivity index (χ2n) is 1.66. The molecule has 0 aromatic heterocycles. The fraction of sp³-hybridized carbons (Fsp3) is 0. The van der Waals surface area contributed by atoms with Crippen LogP contribution in [0.15, 0.2) is 29.2 Å². The van der Waals surface area contributed by atoms with E-state index in [1.54, 1.807) is 24.3 Å². The van der Waals surface area contributed by atoms with E-state index in [2.05, 4.69) is 12.6 Å². The van der Waals surface area contributed by atoms with Crippen molar-refractivity contribution in [3.8, 4) is 6.07 Å². The molecular formula is C7H6ClNS. The second-order valence-corrected chi connectivity index (χ2v) is 2.18. The Kier molecular flexibility index (Phi) is 3.94. The zero-order valence-corrected chi connectivity index (χ0v) is 6.82. The van der Waals surface area contributed by atoms with Crippen molar-refractivity contribution in [2.45, 2.75) is 4.90 Å². The number of nitrogens with zero attached hydrogens (tertiary/aromatic N) is 1. The average Bonchev–Trinajstić information content (AvgIpc) is 1.90. The van der Waals surface area contributed by atoms with Crippen LogP contribution in [-0.4, -0.2) is 0 Å². The van der Waals surface area contributed by atoms with E-state index in [4.69, 9.17) is 5.26 Å². The van der Waals surface area contributed by atoms with Crippen molar-refractivity contribution >= 4 is 25.0 Å². The molecule has 0 N–H and O–H groups in total. The Morgan fingerprint density at radius 3 is 2.10 bits per heavy atom. The molecule has 1 nitrogen and oxygen atoms in total. The third kappa shape index (κ3) is 2.30. The van der Waals surface area contributed by atoms with Crippen LogP contribution in [0.25, 0.3) is 0 Å². The highest BCUT2D eigenvalue weighted by atomic mass is 35.5. The molecule has 1 rings (SSSR count). The van der Waals surface area contributed by atoms with Crippen LogP contribution < -0.4 is 0 Å². The van der Waals surface area contributed by atoms with Gasteiger partial charge in [0.05, 0.1) is 11.6 Å². The third-order valence-corrected chi connectivity index (χ3v) is 1.29. The summed E-state index contributed by atoms with van der Waals surface area (Å²) in [7, 11) is 0. The van der Waals surface area contributed by atoms with Crippen molar-refractivity contribution < 1.29 is 0 Å². The van der Waals surface area contributed by atoms with Crippen molar-refractivity contribution in [1.29, 1.82) is 5.26 Å². The fourth-order valence-electron chi connectivity index (χ4n) is 0.536. The molecule has 0 saturated carbocycles. The first-order valence-electron chi connectivity index (χ1n) is 2.52. The predicted octanol–water partition coefficient (Wildman–Crippen LogP) is 2.27. The molecule has 3 heteroatoms. The van der Waals surface area contributed by atoms with Crippen LogP contribution >= 0.6 is 25.0 Å². The SMILES string of the molecule is Cl.N#Cc1ccc(S)cc1. The van der Waals surface area contributed by atoms with Crippen molar-refractivity contribution in [1.82, 2.24) is 0 Å². The summed E-state index contributed by atoms with van der Waals surface area (Å²) in [6, 6.07) is 9.08. The maximum Gasteiger partial charge on any atom is 0.0991 e. The van der Waals surface area contributed by atoms with Gasteiger partial charge in [-0.25, -0.2) is 0 Å². The lowest BCUT2D eigenvalue weighted by molar-refractivity contribution is 1.42. The Labute approximate surface area is 71.5 Å². The Hall–Kier alpha value is -0.650. The number of nitriles is 1. The van der Waals surface area contributed by atoms with Crippen LogP contribution in [0.4, 0.5) is 0 Å². The molecule has 0 bridgehead atoms. The molecule has 0 fully saturated rings. The Bertz CT molecular complexity index is 237. The van der Waals surface area contributed by atoms with Crippen molar-refractivity contribution in [2.75, 3.05) is 0 Å². The highest BCUT2D eigenvalue weighted by Gasteiger charge is 1.85. The molecule has 0 unspecified atom stereocenters. The third-order valence-electron chi connectivity index (χ3n) is 0.996. The summed E-state index contributed by atoms with van der Waals surface area (Å²) >= 11 is 4.06. The summed E-state index contributed by atoms with van der Waals surface area (Å²) < 4.78 is 0. The Morgan fingerprint density at radius 1 is 1.20 bits per heavy atom. The Morgan fingerprint density at radius 2 is 1.70 bits per heavy atom. The molecule has 0 aliphatic rings. The van der Waals surface area contributed by atoms with Gasteiger partial charge in [-0.2, -0.15) is 5.26 Å². The predicted molar refractivity (Wildman–Crippen MR) is 45.7 cm³/mol. The summed E-state index contributed by atoms with van der Waals surface area (Å²) in [5, 5.41) is 8.35. The standard InChI is InChI=1S/C7H5NS.ClH/c8-5-6-1-3-7(9)4-2-6;/h1-4,9H;1H. The van der Waals surface area contributed by atoms with E-state index >= 15 is 0 Å². The normalized spacial score (nSPS) is 7.60. The van der Waals surface area contributed by atoms with Gasteiger partial charge in [0, 0.05) is 4.90 Å². The maximum absolute atomic E-state index is 8.35. The van der Waals surface area contributed by atoms with Gasteiger partial charge < -0.3 is 0 Å². The molecule has 0 atom stereocenters. The van der Waals surface area contributed by atoms with E-state index < -0.39 is 0 Å². The van der Waals surface area contributed by atoms with Crippen molar-refractivity contribution in [2.24, 2.45) is 0 Å². The lowest BCUT2D eigenvalue weighted by Crippen LogP contribution is -1.69. The number of rotatable bonds is 0. The van der Waals surface area contributed by atoms with Crippen LogP contribution in [-0.2, 0) is 0 Å². The smallest absolute Gasteiger partial charge is 0.0991 e. The number of benzene rings is 1. The minimum Gasteiger partial charge on any atom is -0.192 e. The lowest BCUT2D eigenvalue weighted by Gasteiger charge is -1.87. The van der Waals surface area contributed by atoms with E-state index in [0.717, 1.165) is 4.90 Å². The summed E-state index contributed by atoms with van der Waals surface area (Å²) in [6.07, 6.45) is 0. The van der Waals surface area contributed by atoms with Gasteiger partial charge in [0.1, 0.15) is 0 Å². The number of halogens is 1. The van der Waals surface area contributed by atoms with Gasteiger partial charge in [-0.05, 0) is 24.3 Å². The van der Waals surface area contributed by atoms with E-state index in [0.29, 0.717) is 5.56 Å². The summed E-state index contributed by atoms with van der Waals surface area (Å²) in [4.78, 5) is 0.883. The van der Waals surface area contributed by atoms with Crippen LogP contribution in [0.3, 0.4) is 0 Å². The first kappa shape index (κ1) is 9.35. The van der Waals surface area contributed by atoms with Gasteiger partial charge in [0.2, 0.25) is 0 Å². The van der Waals surface area contributed by atoms with Crippen LogP contribution in [0, 0.1) is 11.3 Å². The van der Waals surface area contributed by atoms with Gasteiger partial charge >= 0.3 is 0 Å². The molecule has 52 valence electrons. The largest absolute Gasteiger partial charge is 0.192 e. The molecule has 1 aromatic carbocycles. The summed E-state index contributed by atoms with van der Waals surface area (Å²) in [5.74, 6) is 0. The minimum absolute atomic E-state index is 0. The van der Waals surface area contributed by atoms with Gasteiger partial charge in [-0.3, -0.25) is 0 Å². The van der Waals surface area contributed by atoms with Crippen molar-refractivity contribution in [3.63, 3.8) is 0 Å². The molecule has 0 aliphatic heterocycles. The second kappa shape index (κ2) is 4.21. The zero-order valence-electron chi connectivity index (χ0n) is 5.11. The van der Waals surface area contributed by atoms with E-state index in [9.17, 15) is 0 Å². The monoisotopic (exact) mass is 171 g/mol. The summed E-state index contributed by atoms with van der Waals surface area (Å²) in [5.41, 5.74) is 0.674. The molecule has 1 aromatic rings. The number of hydrogen-bond donors (Lipinski definition) is 1. The van der Waals surface area contributed by atoms with Crippen molar-refractivity contribution in [3.05, 3.63) is 29.8 Å². The van der Waals surface area contributed by atoms with Crippen LogP contribution in [0.1, 0.15) is 5.56 Å². The minimum atomic E-state index is 0. The van der Waals surface area contributed by atoms with E-state index in [-0.39, 0.29) is 12.4 Å². The lowest BCUT2D eigenvalue weighted by atomic mass is 10.2. The molecule has 0 heterocycles. The van der Waals surface area contributed by atoms with E-state index in [1.807, 2.05) is 6.07 Å².